The van der Waals surface area contributed by atoms with Crippen molar-refractivity contribution < 1.29 is 13.9 Å². The Morgan fingerprint density at radius 3 is 2.48 bits per heavy atom. The highest BCUT2D eigenvalue weighted by Crippen LogP contribution is 2.26. The smallest absolute Gasteiger partial charge is 0.351 e. The van der Waals surface area contributed by atoms with Gasteiger partial charge >= 0.3 is 11.6 Å². The van der Waals surface area contributed by atoms with E-state index in [1.165, 1.54) is 6.07 Å². The highest BCUT2D eigenvalue weighted by atomic mass is 16.5. The lowest BCUT2D eigenvalue weighted by Gasteiger charge is -2.12. The van der Waals surface area contributed by atoms with Crippen molar-refractivity contribution in [2.75, 3.05) is 0 Å². The molecule has 0 amide bonds. The van der Waals surface area contributed by atoms with Crippen molar-refractivity contribution in [3.05, 3.63) is 75.1 Å². The monoisotopic (exact) mass is 308 g/mol. The van der Waals surface area contributed by atoms with Crippen molar-refractivity contribution in [1.29, 1.82) is 0 Å². The summed E-state index contributed by atoms with van der Waals surface area (Å²) in [4.78, 5) is 24.4. The predicted octanol–water partition coefficient (Wildman–Crippen LogP) is 3.94. The third-order valence-electron chi connectivity index (χ3n) is 3.93. The first-order chi connectivity index (χ1) is 11.0. The van der Waals surface area contributed by atoms with E-state index in [1.807, 2.05) is 39.0 Å². The van der Waals surface area contributed by atoms with Crippen LogP contribution in [-0.4, -0.2) is 5.97 Å². The number of carbonyl (C=O) groups excluding carboxylic acids is 1. The molecule has 0 saturated carbocycles. The Bertz CT molecular complexity index is 967. The summed E-state index contributed by atoms with van der Waals surface area (Å²) in [6.45, 7) is 5.68. The Kier molecular flexibility index (Phi) is 3.74. The molecule has 0 bridgehead atoms. The van der Waals surface area contributed by atoms with Crippen molar-refractivity contribution in [3.8, 4) is 5.75 Å². The van der Waals surface area contributed by atoms with Gasteiger partial charge in [0.1, 0.15) is 16.9 Å². The largest absolute Gasteiger partial charge is 0.422 e. The Morgan fingerprint density at radius 2 is 1.70 bits per heavy atom. The summed E-state index contributed by atoms with van der Waals surface area (Å²) in [5, 5.41) is 0.678. The van der Waals surface area contributed by atoms with E-state index in [0.29, 0.717) is 16.7 Å². The lowest BCUT2D eigenvalue weighted by atomic mass is 10.1. The summed E-state index contributed by atoms with van der Waals surface area (Å²) in [6.07, 6.45) is 0. The maximum absolute atomic E-state index is 12.4. The summed E-state index contributed by atoms with van der Waals surface area (Å²) in [5.74, 6) is -0.219. The Balaban J connectivity index is 2.03. The van der Waals surface area contributed by atoms with Crippen molar-refractivity contribution in [1.82, 2.24) is 0 Å². The van der Waals surface area contributed by atoms with E-state index in [4.69, 9.17) is 9.15 Å². The van der Waals surface area contributed by atoms with Gasteiger partial charge in [-0.15, -0.1) is 0 Å². The average Bonchev–Trinajstić information content (AvgIpc) is 2.54. The van der Waals surface area contributed by atoms with Crippen LogP contribution in [0.5, 0.6) is 5.75 Å². The van der Waals surface area contributed by atoms with E-state index < -0.39 is 11.6 Å². The molecule has 0 spiro atoms. The summed E-state index contributed by atoms with van der Waals surface area (Å²) < 4.78 is 10.7. The Labute approximate surface area is 133 Å². The zero-order valence-electron chi connectivity index (χ0n) is 13.2. The minimum absolute atomic E-state index is 0.107. The summed E-state index contributed by atoms with van der Waals surface area (Å²) in [7, 11) is 0. The molecule has 0 N–H and O–H groups in total. The normalized spacial score (nSPS) is 10.7. The fourth-order valence-electron chi connectivity index (χ4n) is 2.43. The standard InChI is InChI=1S/C19H16O4/c1-11-8-9-12(2)17(13(11)3)23-19(21)15-10-14-6-4-5-7-16(14)22-18(15)20/h4-10H,1-3H3. The van der Waals surface area contributed by atoms with E-state index >= 15 is 0 Å². The molecule has 1 heterocycles. The SMILES string of the molecule is Cc1ccc(C)c(OC(=O)c2cc3ccccc3oc2=O)c1C. The molecule has 0 atom stereocenters. The van der Waals surface area contributed by atoms with Crippen molar-refractivity contribution in [2.45, 2.75) is 20.8 Å². The summed E-state index contributed by atoms with van der Waals surface area (Å²) in [5.41, 5.74) is 2.37. The number of hydrogen-bond donors (Lipinski definition) is 0. The van der Waals surface area contributed by atoms with Crippen LogP contribution in [0.3, 0.4) is 0 Å². The number of aryl methyl sites for hydroxylation is 2. The van der Waals surface area contributed by atoms with Crippen LogP contribution in [0.1, 0.15) is 27.0 Å². The van der Waals surface area contributed by atoms with Gasteiger partial charge in [0.25, 0.3) is 0 Å². The molecule has 2 aromatic carbocycles. The van der Waals surface area contributed by atoms with Gasteiger partial charge in [0.15, 0.2) is 0 Å². The summed E-state index contributed by atoms with van der Waals surface area (Å²) in [6, 6.07) is 12.4. The zero-order valence-corrected chi connectivity index (χ0v) is 13.2. The van der Waals surface area contributed by atoms with Crippen LogP contribution in [0.25, 0.3) is 11.0 Å². The van der Waals surface area contributed by atoms with Crippen LogP contribution in [0.2, 0.25) is 0 Å². The second-order valence-corrected chi connectivity index (χ2v) is 5.53. The zero-order chi connectivity index (χ0) is 16.6. The molecule has 116 valence electrons. The molecule has 4 heteroatoms. The van der Waals surface area contributed by atoms with Gasteiger partial charge in [-0.1, -0.05) is 30.3 Å². The van der Waals surface area contributed by atoms with Crippen molar-refractivity contribution >= 4 is 16.9 Å². The highest BCUT2D eigenvalue weighted by Gasteiger charge is 2.18. The van der Waals surface area contributed by atoms with Gasteiger partial charge in [0.05, 0.1) is 0 Å². The molecule has 23 heavy (non-hydrogen) atoms. The molecule has 3 rings (SSSR count). The minimum atomic E-state index is -0.707. The fourth-order valence-corrected chi connectivity index (χ4v) is 2.43. The maximum Gasteiger partial charge on any atom is 0.351 e. The van der Waals surface area contributed by atoms with Gasteiger partial charge in [-0.05, 0) is 49.6 Å². The van der Waals surface area contributed by atoms with E-state index in [1.54, 1.807) is 18.2 Å². The van der Waals surface area contributed by atoms with Crippen LogP contribution in [0.15, 0.2) is 51.7 Å². The lowest BCUT2D eigenvalue weighted by Crippen LogP contribution is -2.19. The third-order valence-corrected chi connectivity index (χ3v) is 3.93. The number of para-hydroxylation sites is 1. The van der Waals surface area contributed by atoms with Crippen LogP contribution >= 0.6 is 0 Å². The first kappa shape index (κ1) is 15.0. The third kappa shape index (κ3) is 2.75. The molecular weight excluding hydrogens is 292 g/mol. The number of fused-ring (bicyclic) bond motifs is 1. The van der Waals surface area contributed by atoms with Crippen molar-refractivity contribution in [3.63, 3.8) is 0 Å². The number of benzene rings is 2. The average molecular weight is 308 g/mol. The van der Waals surface area contributed by atoms with E-state index in [-0.39, 0.29) is 5.56 Å². The molecule has 4 nitrogen and oxygen atoms in total. The number of rotatable bonds is 2. The highest BCUT2D eigenvalue weighted by molar-refractivity contribution is 5.94. The minimum Gasteiger partial charge on any atom is -0.422 e. The first-order valence-electron chi connectivity index (χ1n) is 7.29. The number of carbonyl (C=O) groups is 1. The molecule has 0 aliphatic heterocycles. The second-order valence-electron chi connectivity index (χ2n) is 5.53. The Morgan fingerprint density at radius 1 is 1.00 bits per heavy atom. The first-order valence-corrected chi connectivity index (χ1v) is 7.29. The number of hydrogen-bond acceptors (Lipinski definition) is 4. The number of esters is 1. The van der Waals surface area contributed by atoms with Gasteiger partial charge < -0.3 is 9.15 Å². The van der Waals surface area contributed by atoms with E-state index in [9.17, 15) is 9.59 Å². The molecule has 0 aliphatic rings. The number of ether oxygens (including phenoxy) is 1. The van der Waals surface area contributed by atoms with Gasteiger partial charge in [0, 0.05) is 5.39 Å². The van der Waals surface area contributed by atoms with Gasteiger partial charge in [-0.25, -0.2) is 9.59 Å². The predicted molar refractivity (Wildman–Crippen MR) is 88.1 cm³/mol. The fraction of sp³-hybridized carbons (Fsp3) is 0.158. The molecule has 3 aromatic rings. The summed E-state index contributed by atoms with van der Waals surface area (Å²) >= 11 is 0. The topological polar surface area (TPSA) is 56.5 Å². The Hall–Kier alpha value is -2.88. The molecule has 1 aromatic heterocycles. The molecule has 0 fully saturated rings. The van der Waals surface area contributed by atoms with E-state index in [0.717, 1.165) is 16.7 Å². The lowest BCUT2D eigenvalue weighted by molar-refractivity contribution is 0.0728. The van der Waals surface area contributed by atoms with Gasteiger partial charge in [-0.2, -0.15) is 0 Å². The van der Waals surface area contributed by atoms with Crippen molar-refractivity contribution in [2.24, 2.45) is 0 Å². The molecule has 0 saturated heterocycles. The van der Waals surface area contributed by atoms with E-state index in [2.05, 4.69) is 0 Å². The van der Waals surface area contributed by atoms with Gasteiger partial charge in [-0.3, -0.25) is 0 Å². The maximum atomic E-state index is 12.4. The molecule has 0 unspecified atom stereocenters. The van der Waals surface area contributed by atoms with Crippen LogP contribution < -0.4 is 10.4 Å². The molecule has 0 aliphatic carbocycles. The quantitative estimate of drug-likeness (QED) is 0.409. The van der Waals surface area contributed by atoms with Crippen LogP contribution in [0.4, 0.5) is 0 Å². The molecule has 0 radical (unpaired) electrons. The van der Waals surface area contributed by atoms with Crippen LogP contribution in [-0.2, 0) is 0 Å². The van der Waals surface area contributed by atoms with Gasteiger partial charge in [0.2, 0.25) is 0 Å². The molecular formula is C19H16O4. The second kappa shape index (κ2) is 5.72. The van der Waals surface area contributed by atoms with Crippen LogP contribution in [0, 0.1) is 20.8 Å².